The lowest BCUT2D eigenvalue weighted by atomic mass is 9.88. The van der Waals surface area contributed by atoms with Crippen molar-refractivity contribution in [3.05, 3.63) is 48.0 Å². The van der Waals surface area contributed by atoms with Crippen molar-refractivity contribution in [3.8, 4) is 0 Å². The fourth-order valence-electron chi connectivity index (χ4n) is 4.81. The lowest BCUT2D eigenvalue weighted by Crippen LogP contribution is -2.52. The first kappa shape index (κ1) is 19.4. The molecule has 2 aromatic rings. The lowest BCUT2D eigenvalue weighted by Gasteiger charge is -2.39. The summed E-state index contributed by atoms with van der Waals surface area (Å²) in [4.78, 5) is 41.9. The average molecular weight is 393 g/mol. The van der Waals surface area contributed by atoms with E-state index in [2.05, 4.69) is 5.32 Å². The minimum absolute atomic E-state index is 0.122. The summed E-state index contributed by atoms with van der Waals surface area (Å²) in [5.74, 6) is -0.556. The second kappa shape index (κ2) is 7.17. The molecular formula is C23H27N3O3. The molecule has 1 N–H and O–H groups in total. The molecular weight excluding hydrogens is 366 g/mol. The Hall–Kier alpha value is -2.89. The third-order valence-corrected chi connectivity index (χ3v) is 6.38. The third-order valence-electron chi connectivity index (χ3n) is 6.38. The number of urea groups is 1. The highest BCUT2D eigenvalue weighted by Crippen LogP contribution is 2.34. The van der Waals surface area contributed by atoms with E-state index < -0.39 is 11.6 Å². The molecule has 2 aliphatic heterocycles. The third kappa shape index (κ3) is 3.16. The predicted molar refractivity (Wildman–Crippen MR) is 111 cm³/mol. The van der Waals surface area contributed by atoms with Gasteiger partial charge in [0.2, 0.25) is 5.91 Å². The van der Waals surface area contributed by atoms with Crippen LogP contribution in [-0.4, -0.2) is 46.3 Å². The Morgan fingerprint density at radius 2 is 1.72 bits per heavy atom. The molecule has 2 aliphatic rings. The van der Waals surface area contributed by atoms with Crippen LogP contribution in [0.1, 0.15) is 45.6 Å². The van der Waals surface area contributed by atoms with Crippen molar-refractivity contribution in [2.24, 2.45) is 0 Å². The zero-order chi connectivity index (χ0) is 20.8. The smallest absolute Gasteiger partial charge is 0.325 e. The lowest BCUT2D eigenvalue weighted by molar-refractivity contribution is -0.142. The van der Waals surface area contributed by atoms with Crippen LogP contribution >= 0.6 is 0 Å². The molecule has 6 nitrogen and oxygen atoms in total. The SMILES string of the molecule is C[C@H]1CCC[C@H](C)N1C(=O)CN1C(=O)N[C@](C)(c2cccc3ccccc23)C1=O. The van der Waals surface area contributed by atoms with Crippen molar-refractivity contribution in [2.75, 3.05) is 6.54 Å². The molecule has 0 unspecified atom stereocenters. The fourth-order valence-corrected chi connectivity index (χ4v) is 4.81. The van der Waals surface area contributed by atoms with E-state index in [9.17, 15) is 14.4 Å². The Balaban J connectivity index is 1.62. The van der Waals surface area contributed by atoms with E-state index in [1.807, 2.05) is 61.2 Å². The Kier molecular flexibility index (Phi) is 4.81. The number of nitrogens with one attached hydrogen (secondary N) is 1. The zero-order valence-electron chi connectivity index (χ0n) is 17.1. The van der Waals surface area contributed by atoms with Crippen molar-refractivity contribution in [2.45, 2.75) is 57.7 Å². The van der Waals surface area contributed by atoms with Crippen LogP contribution in [0.5, 0.6) is 0 Å². The number of carbonyl (C=O) groups excluding carboxylic acids is 3. The summed E-state index contributed by atoms with van der Waals surface area (Å²) in [5, 5.41) is 4.75. The first-order chi connectivity index (χ1) is 13.8. The van der Waals surface area contributed by atoms with Gasteiger partial charge in [-0.3, -0.25) is 14.5 Å². The van der Waals surface area contributed by atoms with Gasteiger partial charge in [0.05, 0.1) is 0 Å². The fraction of sp³-hybridized carbons (Fsp3) is 0.435. The van der Waals surface area contributed by atoms with E-state index >= 15 is 0 Å². The Morgan fingerprint density at radius 1 is 1.07 bits per heavy atom. The van der Waals surface area contributed by atoms with E-state index in [-0.39, 0.29) is 30.4 Å². The number of amides is 4. The van der Waals surface area contributed by atoms with Gasteiger partial charge >= 0.3 is 6.03 Å². The monoisotopic (exact) mass is 393 g/mol. The van der Waals surface area contributed by atoms with E-state index in [1.165, 1.54) is 0 Å². The van der Waals surface area contributed by atoms with Crippen LogP contribution in [0.4, 0.5) is 4.79 Å². The molecule has 0 saturated carbocycles. The average Bonchev–Trinajstić information content (AvgIpc) is 2.91. The maximum absolute atomic E-state index is 13.3. The summed E-state index contributed by atoms with van der Waals surface area (Å²) >= 11 is 0. The zero-order valence-corrected chi connectivity index (χ0v) is 17.1. The van der Waals surface area contributed by atoms with Crippen LogP contribution in [0.2, 0.25) is 0 Å². The molecule has 152 valence electrons. The molecule has 0 bridgehead atoms. The molecule has 0 radical (unpaired) electrons. The molecule has 3 atom stereocenters. The van der Waals surface area contributed by atoms with Crippen LogP contribution in [0.25, 0.3) is 10.8 Å². The minimum atomic E-state index is -1.20. The molecule has 4 amide bonds. The molecule has 6 heteroatoms. The molecule has 0 aromatic heterocycles. The van der Waals surface area contributed by atoms with Crippen LogP contribution in [0.3, 0.4) is 0 Å². The number of hydrogen-bond donors (Lipinski definition) is 1. The van der Waals surface area contributed by atoms with Crippen LogP contribution in [0, 0.1) is 0 Å². The van der Waals surface area contributed by atoms with Gasteiger partial charge in [-0.15, -0.1) is 0 Å². The quantitative estimate of drug-likeness (QED) is 0.813. The Morgan fingerprint density at radius 3 is 2.45 bits per heavy atom. The molecule has 4 rings (SSSR count). The second-order valence-corrected chi connectivity index (χ2v) is 8.40. The largest absolute Gasteiger partial charge is 0.336 e. The molecule has 0 spiro atoms. The van der Waals surface area contributed by atoms with Gasteiger partial charge in [0.15, 0.2) is 0 Å². The number of benzene rings is 2. The van der Waals surface area contributed by atoms with Gasteiger partial charge in [-0.25, -0.2) is 4.79 Å². The van der Waals surface area contributed by atoms with Gasteiger partial charge < -0.3 is 10.2 Å². The molecule has 2 saturated heterocycles. The van der Waals surface area contributed by atoms with Crippen molar-refractivity contribution in [1.82, 2.24) is 15.1 Å². The topological polar surface area (TPSA) is 69.7 Å². The number of fused-ring (bicyclic) bond motifs is 1. The highest BCUT2D eigenvalue weighted by Gasteiger charge is 2.50. The van der Waals surface area contributed by atoms with Crippen LogP contribution < -0.4 is 5.32 Å². The first-order valence-electron chi connectivity index (χ1n) is 10.3. The predicted octanol–water partition coefficient (Wildman–Crippen LogP) is 3.40. The summed E-state index contributed by atoms with van der Waals surface area (Å²) in [7, 11) is 0. The van der Waals surface area contributed by atoms with Crippen molar-refractivity contribution < 1.29 is 14.4 Å². The number of carbonyl (C=O) groups is 3. The van der Waals surface area contributed by atoms with Gasteiger partial charge in [0.25, 0.3) is 5.91 Å². The number of nitrogens with zero attached hydrogens (tertiary/aromatic N) is 2. The highest BCUT2D eigenvalue weighted by atomic mass is 16.2. The number of imide groups is 1. The van der Waals surface area contributed by atoms with E-state index in [0.717, 1.165) is 40.5 Å². The summed E-state index contributed by atoms with van der Waals surface area (Å²) in [6, 6.07) is 13.2. The van der Waals surface area contributed by atoms with Gasteiger partial charge in [-0.2, -0.15) is 0 Å². The Labute approximate surface area is 170 Å². The van der Waals surface area contributed by atoms with Gasteiger partial charge in [-0.05, 0) is 56.4 Å². The summed E-state index contributed by atoms with van der Waals surface area (Å²) < 4.78 is 0. The van der Waals surface area contributed by atoms with Gasteiger partial charge in [0.1, 0.15) is 12.1 Å². The Bertz CT molecular complexity index is 973. The molecule has 2 fully saturated rings. The number of hydrogen-bond acceptors (Lipinski definition) is 3. The molecule has 29 heavy (non-hydrogen) atoms. The minimum Gasteiger partial charge on any atom is -0.336 e. The summed E-state index contributed by atoms with van der Waals surface area (Å²) in [5.41, 5.74) is -0.458. The van der Waals surface area contributed by atoms with E-state index in [1.54, 1.807) is 6.92 Å². The number of piperidine rings is 1. The molecule has 0 aliphatic carbocycles. The molecule has 2 aromatic carbocycles. The number of likely N-dealkylation sites (tertiary alicyclic amines) is 1. The molecule has 2 heterocycles. The second-order valence-electron chi connectivity index (χ2n) is 8.40. The highest BCUT2D eigenvalue weighted by molar-refractivity contribution is 6.10. The maximum Gasteiger partial charge on any atom is 0.325 e. The standard InChI is InChI=1S/C23H27N3O3/c1-15-8-6-9-16(2)26(15)20(27)14-25-21(28)23(3,24-22(25)29)19-13-7-11-17-10-4-5-12-18(17)19/h4-5,7,10-13,15-16H,6,8-9,14H2,1-3H3,(H,24,29)/t15-,16-,23+/m0/s1. The van der Waals surface area contributed by atoms with E-state index in [4.69, 9.17) is 0 Å². The van der Waals surface area contributed by atoms with Crippen molar-refractivity contribution in [3.63, 3.8) is 0 Å². The normalized spacial score (nSPS) is 27.4. The summed E-state index contributed by atoms with van der Waals surface area (Å²) in [6.07, 6.45) is 2.99. The first-order valence-corrected chi connectivity index (χ1v) is 10.3. The van der Waals surface area contributed by atoms with Gasteiger partial charge in [0, 0.05) is 12.1 Å². The van der Waals surface area contributed by atoms with Crippen LogP contribution in [-0.2, 0) is 15.1 Å². The van der Waals surface area contributed by atoms with Crippen LogP contribution in [0.15, 0.2) is 42.5 Å². The van der Waals surface area contributed by atoms with Gasteiger partial charge in [-0.1, -0.05) is 42.5 Å². The summed E-state index contributed by atoms with van der Waals surface area (Å²) in [6.45, 7) is 5.55. The van der Waals surface area contributed by atoms with Crippen molar-refractivity contribution >= 4 is 28.6 Å². The van der Waals surface area contributed by atoms with E-state index in [0.29, 0.717) is 0 Å². The maximum atomic E-state index is 13.3. The number of rotatable bonds is 3. The van der Waals surface area contributed by atoms with Crippen molar-refractivity contribution in [1.29, 1.82) is 0 Å².